The second-order valence-electron chi connectivity index (χ2n) is 4.47. The van der Waals surface area contributed by atoms with E-state index in [0.717, 1.165) is 12.8 Å². The fourth-order valence-corrected chi connectivity index (χ4v) is 3.13. The molecule has 0 aromatic rings. The minimum atomic E-state index is -0.759. The summed E-state index contributed by atoms with van der Waals surface area (Å²) in [6.45, 7) is 0. The Morgan fingerprint density at radius 2 is 1.43 bits per heavy atom. The second kappa shape index (κ2) is 3.26. The lowest BCUT2D eigenvalue weighted by atomic mass is 9.73. The molecule has 78 valence electrons. The summed E-state index contributed by atoms with van der Waals surface area (Å²) in [5.74, 6) is -1.86. The first kappa shape index (κ1) is 9.49. The molecule has 2 aliphatic carbocycles. The smallest absolute Gasteiger partial charge is 0.307 e. The maximum absolute atomic E-state index is 10.9. The lowest BCUT2D eigenvalue weighted by Crippen LogP contribution is -2.34. The first-order valence-electron chi connectivity index (χ1n) is 5.05. The summed E-state index contributed by atoms with van der Waals surface area (Å²) in [4.78, 5) is 21.7. The van der Waals surface area contributed by atoms with Gasteiger partial charge in [-0.15, -0.1) is 0 Å². The number of carboxylic acids is 2. The van der Waals surface area contributed by atoms with Crippen molar-refractivity contribution in [3.8, 4) is 0 Å². The van der Waals surface area contributed by atoms with E-state index in [9.17, 15) is 9.59 Å². The van der Waals surface area contributed by atoms with Crippen molar-refractivity contribution in [3.63, 3.8) is 0 Å². The molecule has 2 saturated carbocycles. The number of hydrogen-bond acceptors (Lipinski definition) is 2. The first-order chi connectivity index (χ1) is 6.59. The Hall–Kier alpha value is -1.06. The molecular formula is C10H14O4. The summed E-state index contributed by atoms with van der Waals surface area (Å²) in [6, 6.07) is 0. The molecule has 0 aromatic heterocycles. The van der Waals surface area contributed by atoms with Gasteiger partial charge in [0.05, 0.1) is 11.8 Å². The van der Waals surface area contributed by atoms with Crippen LogP contribution in [0, 0.1) is 23.7 Å². The molecule has 0 radical (unpaired) electrons. The number of fused-ring (bicyclic) bond motifs is 2. The number of aliphatic carboxylic acids is 2. The monoisotopic (exact) mass is 198 g/mol. The van der Waals surface area contributed by atoms with Crippen LogP contribution in [-0.4, -0.2) is 22.2 Å². The molecule has 2 rings (SSSR count). The second-order valence-corrected chi connectivity index (χ2v) is 4.47. The topological polar surface area (TPSA) is 74.6 Å². The molecule has 2 fully saturated rings. The van der Waals surface area contributed by atoms with Crippen LogP contribution in [0.5, 0.6) is 0 Å². The highest BCUT2D eigenvalue weighted by Crippen LogP contribution is 2.49. The van der Waals surface area contributed by atoms with E-state index in [-0.39, 0.29) is 23.7 Å². The summed E-state index contributed by atoms with van der Waals surface area (Å²) in [7, 11) is 0. The van der Waals surface area contributed by atoms with Crippen LogP contribution in [0.1, 0.15) is 25.7 Å². The molecule has 4 nitrogen and oxygen atoms in total. The summed E-state index contributed by atoms with van der Waals surface area (Å²) >= 11 is 0. The molecule has 2 atom stereocenters. The van der Waals surface area contributed by atoms with Gasteiger partial charge in [-0.2, -0.15) is 0 Å². The van der Waals surface area contributed by atoms with Crippen LogP contribution in [0.4, 0.5) is 0 Å². The normalized spacial score (nSPS) is 40.9. The summed E-state index contributed by atoms with van der Waals surface area (Å²) in [5.41, 5.74) is 0. The third-order valence-electron chi connectivity index (χ3n) is 3.73. The Morgan fingerprint density at radius 1 is 0.929 bits per heavy atom. The highest BCUT2D eigenvalue weighted by Gasteiger charge is 2.47. The quantitative estimate of drug-likeness (QED) is 0.699. The van der Waals surface area contributed by atoms with Gasteiger partial charge < -0.3 is 10.2 Å². The van der Waals surface area contributed by atoms with Crippen molar-refractivity contribution in [3.05, 3.63) is 0 Å². The van der Waals surface area contributed by atoms with E-state index >= 15 is 0 Å². The van der Waals surface area contributed by atoms with Gasteiger partial charge in [0.2, 0.25) is 0 Å². The first-order valence-corrected chi connectivity index (χ1v) is 5.05. The lowest BCUT2D eigenvalue weighted by molar-refractivity contribution is -0.151. The molecule has 0 spiro atoms. The van der Waals surface area contributed by atoms with Crippen molar-refractivity contribution >= 4 is 11.9 Å². The van der Waals surface area contributed by atoms with Crippen molar-refractivity contribution < 1.29 is 19.8 Å². The molecule has 0 heterocycles. The minimum Gasteiger partial charge on any atom is -0.481 e. The molecule has 0 saturated heterocycles. The molecular weight excluding hydrogens is 184 g/mol. The van der Waals surface area contributed by atoms with Crippen molar-refractivity contribution in [1.29, 1.82) is 0 Å². The Labute approximate surface area is 81.9 Å². The Balaban J connectivity index is 2.12. The fourth-order valence-electron chi connectivity index (χ4n) is 3.13. The molecule has 0 aliphatic heterocycles. The van der Waals surface area contributed by atoms with Crippen LogP contribution in [0.25, 0.3) is 0 Å². The average Bonchev–Trinajstić information content (AvgIpc) is 2.37. The predicted molar refractivity (Wildman–Crippen MR) is 47.7 cm³/mol. The van der Waals surface area contributed by atoms with Gasteiger partial charge in [0.15, 0.2) is 0 Å². The maximum Gasteiger partial charge on any atom is 0.307 e. The highest BCUT2D eigenvalue weighted by molar-refractivity contribution is 5.74. The van der Waals surface area contributed by atoms with Gasteiger partial charge in [0, 0.05) is 0 Å². The average molecular weight is 198 g/mol. The SMILES string of the molecule is O=C(O)C1CC2CCC(C1)C2C(=O)O. The Bertz CT molecular complexity index is 259. The van der Waals surface area contributed by atoms with E-state index in [2.05, 4.69) is 0 Å². The van der Waals surface area contributed by atoms with Crippen molar-refractivity contribution in [2.24, 2.45) is 23.7 Å². The Kier molecular flexibility index (Phi) is 2.21. The van der Waals surface area contributed by atoms with Crippen LogP contribution in [0.15, 0.2) is 0 Å². The summed E-state index contributed by atoms with van der Waals surface area (Å²) in [6.07, 6.45) is 2.91. The zero-order chi connectivity index (χ0) is 10.3. The number of carboxylic acid groups (broad SMARTS) is 2. The van der Waals surface area contributed by atoms with Crippen molar-refractivity contribution in [1.82, 2.24) is 0 Å². The van der Waals surface area contributed by atoms with Gasteiger partial charge in [-0.25, -0.2) is 0 Å². The van der Waals surface area contributed by atoms with Crippen molar-refractivity contribution in [2.45, 2.75) is 25.7 Å². The zero-order valence-corrected chi connectivity index (χ0v) is 7.85. The highest BCUT2D eigenvalue weighted by atomic mass is 16.4. The number of hydrogen-bond donors (Lipinski definition) is 2. The number of rotatable bonds is 2. The lowest BCUT2D eigenvalue weighted by Gasteiger charge is -2.30. The summed E-state index contributed by atoms with van der Waals surface area (Å²) in [5, 5.41) is 17.9. The fraction of sp³-hybridized carbons (Fsp3) is 0.800. The van der Waals surface area contributed by atoms with E-state index in [4.69, 9.17) is 10.2 Å². The van der Waals surface area contributed by atoms with Gasteiger partial charge in [-0.1, -0.05) is 0 Å². The van der Waals surface area contributed by atoms with E-state index in [1.165, 1.54) is 0 Å². The largest absolute Gasteiger partial charge is 0.481 e. The van der Waals surface area contributed by atoms with Gasteiger partial charge in [0.25, 0.3) is 0 Å². The van der Waals surface area contributed by atoms with Crippen LogP contribution in [0.3, 0.4) is 0 Å². The van der Waals surface area contributed by atoms with Gasteiger partial charge in [-0.3, -0.25) is 9.59 Å². The molecule has 0 amide bonds. The third-order valence-corrected chi connectivity index (χ3v) is 3.73. The zero-order valence-electron chi connectivity index (χ0n) is 7.85. The van der Waals surface area contributed by atoms with E-state index < -0.39 is 11.9 Å². The van der Waals surface area contributed by atoms with E-state index in [0.29, 0.717) is 12.8 Å². The summed E-state index contributed by atoms with van der Waals surface area (Å²) < 4.78 is 0. The molecule has 14 heavy (non-hydrogen) atoms. The van der Waals surface area contributed by atoms with E-state index in [1.54, 1.807) is 0 Å². The van der Waals surface area contributed by atoms with Crippen LogP contribution >= 0.6 is 0 Å². The van der Waals surface area contributed by atoms with Gasteiger partial charge in [-0.05, 0) is 37.5 Å². The third kappa shape index (κ3) is 1.38. The van der Waals surface area contributed by atoms with Gasteiger partial charge in [0.1, 0.15) is 0 Å². The molecule has 2 bridgehead atoms. The van der Waals surface area contributed by atoms with Gasteiger partial charge >= 0.3 is 11.9 Å². The molecule has 0 aromatic carbocycles. The molecule has 2 unspecified atom stereocenters. The van der Waals surface area contributed by atoms with Crippen LogP contribution in [-0.2, 0) is 9.59 Å². The Morgan fingerprint density at radius 3 is 1.79 bits per heavy atom. The maximum atomic E-state index is 10.9. The van der Waals surface area contributed by atoms with E-state index in [1.807, 2.05) is 0 Å². The standard InChI is InChI=1S/C10H14O4/c11-9(12)7-3-5-1-2-6(4-7)8(5)10(13)14/h5-8H,1-4H2,(H,11,12)(H,13,14). The predicted octanol–water partition coefficient (Wildman–Crippen LogP) is 1.21. The van der Waals surface area contributed by atoms with Crippen LogP contribution < -0.4 is 0 Å². The minimum absolute atomic E-state index is 0.104. The van der Waals surface area contributed by atoms with Crippen molar-refractivity contribution in [2.75, 3.05) is 0 Å². The number of carbonyl (C=O) groups is 2. The van der Waals surface area contributed by atoms with Crippen LogP contribution in [0.2, 0.25) is 0 Å². The molecule has 4 heteroatoms. The molecule has 2 N–H and O–H groups in total. The molecule has 2 aliphatic rings.